The van der Waals surface area contributed by atoms with Crippen molar-refractivity contribution in [3.05, 3.63) is 60.2 Å². The maximum absolute atomic E-state index is 9.70. The summed E-state index contributed by atoms with van der Waals surface area (Å²) < 4.78 is 1.64. The Hall–Kier alpha value is -1.25. The average Bonchev–Trinajstić information content (AvgIpc) is 3.87. The summed E-state index contributed by atoms with van der Waals surface area (Å²) in [4.78, 5) is 9.55. The highest BCUT2D eigenvalue weighted by molar-refractivity contribution is 6.17. The molecule has 0 saturated heterocycles. The minimum Gasteiger partial charge on any atom is -1.00 e. The van der Waals surface area contributed by atoms with E-state index in [2.05, 4.69) is 68.5 Å². The van der Waals surface area contributed by atoms with E-state index in [4.69, 9.17) is 21.6 Å². The molecule has 0 radical (unpaired) electrons. The van der Waals surface area contributed by atoms with Crippen LogP contribution in [0.25, 0.3) is 0 Å². The molecule has 64 heavy (non-hydrogen) atoms. The molecule has 1 aromatic rings. The first-order valence-corrected chi connectivity index (χ1v) is 27.1. The molecule has 0 aliphatic carbocycles. The topological polar surface area (TPSA) is 65.2 Å². The van der Waals surface area contributed by atoms with Crippen LogP contribution in [0.1, 0.15) is 212 Å². The molecule has 372 valence electrons. The highest BCUT2D eigenvalue weighted by Gasteiger charge is 2.37. The molecule has 2 atom stereocenters. The highest BCUT2D eigenvalue weighted by atomic mass is 35.5. The Morgan fingerprint density at radius 1 is 0.484 bits per heavy atom. The van der Waals surface area contributed by atoms with Crippen LogP contribution in [0.2, 0.25) is 0 Å². The second-order valence-electron chi connectivity index (χ2n) is 18.7. The molecule has 2 heterocycles. The number of aliphatic hydroxyl groups is 2. The molecule has 0 aromatic heterocycles. The molecular formula is C55H99Cl3N4O2. The maximum Gasteiger partial charge on any atom is 0.223 e. The van der Waals surface area contributed by atoms with E-state index >= 15 is 0 Å². The van der Waals surface area contributed by atoms with Crippen molar-refractivity contribution < 1.29 is 44.0 Å². The number of unbranched alkanes of at least 4 members (excludes halogenated alkanes) is 27. The monoisotopic (exact) mass is 953 g/mol. The molecule has 2 N–H and O–H groups in total. The third-order valence-electron chi connectivity index (χ3n) is 13.4. The van der Waals surface area contributed by atoms with Crippen molar-refractivity contribution in [2.45, 2.75) is 213 Å². The second kappa shape index (κ2) is 44.3. The van der Waals surface area contributed by atoms with Crippen LogP contribution < -0.4 is 24.8 Å². The smallest absolute Gasteiger partial charge is 0.223 e. The van der Waals surface area contributed by atoms with Crippen LogP contribution in [-0.2, 0) is 6.54 Å². The zero-order valence-electron chi connectivity index (χ0n) is 41.5. The van der Waals surface area contributed by atoms with Gasteiger partial charge in [0.2, 0.25) is 11.7 Å². The van der Waals surface area contributed by atoms with Crippen LogP contribution in [0.3, 0.4) is 0 Å². The maximum atomic E-state index is 9.70. The lowest BCUT2D eigenvalue weighted by Crippen LogP contribution is -3.00. The van der Waals surface area contributed by atoms with Gasteiger partial charge in [0.15, 0.2) is 0 Å². The summed E-state index contributed by atoms with van der Waals surface area (Å²) >= 11 is 5.85. The number of nitrogens with zero attached hydrogens (tertiary/aromatic N) is 4. The summed E-state index contributed by atoms with van der Waals surface area (Å²) in [7, 11) is 0. The number of quaternary nitrogens is 2. The van der Waals surface area contributed by atoms with Crippen molar-refractivity contribution in [2.24, 2.45) is 9.98 Å². The third-order valence-corrected chi connectivity index (χ3v) is 13.7. The summed E-state index contributed by atoms with van der Waals surface area (Å²) in [6.07, 6.45) is 50.0. The summed E-state index contributed by atoms with van der Waals surface area (Å²) in [6.45, 7) is 12.3. The fraction of sp³-hybridized carbons (Fsp3) is 0.782. The molecule has 3 rings (SSSR count). The summed E-state index contributed by atoms with van der Waals surface area (Å²) in [5.74, 6) is 3.05. The normalized spacial score (nSPS) is 18.2. The Labute approximate surface area is 413 Å². The Kier molecular flexibility index (Phi) is 43.4. The van der Waals surface area contributed by atoms with Gasteiger partial charge in [-0.05, 0) is 38.5 Å². The van der Waals surface area contributed by atoms with Gasteiger partial charge in [-0.3, -0.25) is 8.97 Å². The van der Waals surface area contributed by atoms with E-state index in [-0.39, 0.29) is 38.0 Å². The summed E-state index contributed by atoms with van der Waals surface area (Å²) in [5, 5.41) is 19.2. The van der Waals surface area contributed by atoms with Gasteiger partial charge in [0.1, 0.15) is 32.7 Å². The number of aliphatic hydroxyl groups excluding tert-OH is 2. The third kappa shape index (κ3) is 29.5. The van der Waals surface area contributed by atoms with Crippen molar-refractivity contribution in [3.63, 3.8) is 0 Å². The van der Waals surface area contributed by atoms with Gasteiger partial charge < -0.3 is 35.0 Å². The first-order valence-electron chi connectivity index (χ1n) is 26.6. The quantitative estimate of drug-likeness (QED) is 0.0393. The minimum atomic E-state index is 0. The molecule has 0 saturated carbocycles. The van der Waals surface area contributed by atoms with Crippen LogP contribution in [0, 0.1) is 0 Å². The minimum absolute atomic E-state index is 0. The molecule has 0 amide bonds. The number of benzene rings is 1. The second-order valence-corrected chi connectivity index (χ2v) is 19.1. The molecule has 0 spiro atoms. The molecule has 0 bridgehead atoms. The van der Waals surface area contributed by atoms with E-state index < -0.39 is 0 Å². The zero-order chi connectivity index (χ0) is 44.5. The van der Waals surface area contributed by atoms with Gasteiger partial charge in [-0.1, -0.05) is 210 Å². The fourth-order valence-corrected chi connectivity index (χ4v) is 9.64. The highest BCUT2D eigenvalue weighted by Crippen LogP contribution is 2.23. The standard InChI is InChI=1S/C29H49N2O.C26H50ClN2O.2ClH/c1-2-3-4-5-6-7-8-9-10-11-12-13-14-15-19-22-29-30-23-24-31(29,25-26-32)27-28-20-17-16-18-21-28;1-2-3-4-5-6-7-8-9-10-11-12-13-14-15-16-19-26-28-21-23-29(26,24-25-30)22-18-17-20-27;;/h16-22,32H,2-15,23-27H2,1H3;16,19,30H,2-15,17-18,20-25H2,1H3;2*1H/q2*+1;;/p-2. The zero-order valence-corrected chi connectivity index (χ0v) is 43.8. The number of allylic oxidation sites excluding steroid dienone is 2. The number of alkyl halides is 1. The van der Waals surface area contributed by atoms with E-state index in [1.165, 1.54) is 178 Å². The number of rotatable bonds is 40. The van der Waals surface area contributed by atoms with Gasteiger partial charge in [0, 0.05) is 23.6 Å². The molecule has 0 fully saturated rings. The van der Waals surface area contributed by atoms with E-state index in [0.29, 0.717) is 0 Å². The average molecular weight is 955 g/mol. The lowest BCUT2D eigenvalue weighted by molar-refractivity contribution is -0.848. The van der Waals surface area contributed by atoms with Gasteiger partial charge >= 0.3 is 0 Å². The SMILES string of the molecule is CCCCCCCCCCCCCCCC=CC1=NCC[N+]1(CCO)CCCCCl.CCCCCCCCCCCCCCCC=CC1=NCC[N+]1(CCO)Cc1ccccc1.[Cl-].[Cl-]. The van der Waals surface area contributed by atoms with E-state index in [1.807, 2.05) is 0 Å². The Bertz CT molecular complexity index is 1300. The largest absolute Gasteiger partial charge is 1.00 e. The number of halogens is 3. The molecule has 2 aliphatic heterocycles. The van der Waals surface area contributed by atoms with Gasteiger partial charge in [-0.2, -0.15) is 0 Å². The first kappa shape index (κ1) is 62.8. The van der Waals surface area contributed by atoms with Crippen molar-refractivity contribution in [1.29, 1.82) is 0 Å². The predicted octanol–water partition coefficient (Wildman–Crippen LogP) is 8.72. The van der Waals surface area contributed by atoms with Crippen molar-refractivity contribution in [3.8, 4) is 0 Å². The molecule has 6 nitrogen and oxygen atoms in total. The van der Waals surface area contributed by atoms with Gasteiger partial charge in [-0.15, -0.1) is 11.6 Å². The fourth-order valence-electron chi connectivity index (χ4n) is 9.45. The van der Waals surface area contributed by atoms with Crippen LogP contribution in [0.4, 0.5) is 0 Å². The van der Waals surface area contributed by atoms with Crippen molar-refractivity contribution >= 4 is 23.3 Å². The number of amidine groups is 2. The van der Waals surface area contributed by atoms with Gasteiger partial charge in [0.25, 0.3) is 0 Å². The van der Waals surface area contributed by atoms with E-state index in [9.17, 15) is 10.2 Å². The first-order chi connectivity index (χ1) is 30.6. The Balaban J connectivity index is 0.00000121. The molecule has 1 aromatic carbocycles. The lowest BCUT2D eigenvalue weighted by atomic mass is 10.0. The van der Waals surface area contributed by atoms with E-state index in [0.717, 1.165) is 98.7 Å². The van der Waals surface area contributed by atoms with Gasteiger partial charge in [-0.25, -0.2) is 9.98 Å². The molecule has 2 aliphatic rings. The Morgan fingerprint density at radius 2 is 0.859 bits per heavy atom. The predicted molar refractivity (Wildman–Crippen MR) is 273 cm³/mol. The van der Waals surface area contributed by atoms with Crippen LogP contribution in [-0.4, -0.2) is 95.8 Å². The van der Waals surface area contributed by atoms with Crippen molar-refractivity contribution in [2.75, 3.05) is 64.9 Å². The summed E-state index contributed by atoms with van der Waals surface area (Å²) in [6, 6.07) is 10.6. The number of hydrogen-bond acceptors (Lipinski definition) is 4. The van der Waals surface area contributed by atoms with Gasteiger partial charge in [0.05, 0.1) is 32.8 Å². The Morgan fingerprint density at radius 3 is 1.27 bits per heavy atom. The van der Waals surface area contributed by atoms with Crippen LogP contribution in [0.5, 0.6) is 0 Å². The molecule has 9 heteroatoms. The lowest BCUT2D eigenvalue weighted by Gasteiger charge is -2.33. The van der Waals surface area contributed by atoms with Crippen molar-refractivity contribution in [1.82, 2.24) is 0 Å². The number of hydrogen-bond donors (Lipinski definition) is 2. The van der Waals surface area contributed by atoms with Crippen LogP contribution >= 0.6 is 11.6 Å². The van der Waals surface area contributed by atoms with E-state index in [1.54, 1.807) is 0 Å². The number of aliphatic imine (C=N–C) groups is 2. The molecular weight excluding hydrogens is 855 g/mol. The summed E-state index contributed by atoms with van der Waals surface area (Å²) in [5.41, 5.74) is 1.32. The molecule has 2 unspecified atom stereocenters. The van der Waals surface area contributed by atoms with Crippen LogP contribution in [0.15, 0.2) is 64.6 Å².